The molecule has 0 fully saturated rings. The molecule has 1 heterocycles. The van der Waals surface area contributed by atoms with Gasteiger partial charge in [0.05, 0.1) is 18.4 Å². The summed E-state index contributed by atoms with van der Waals surface area (Å²) in [6, 6.07) is 3.31. The van der Waals surface area contributed by atoms with Gasteiger partial charge in [0.2, 0.25) is 0 Å². The smallest absolute Gasteiger partial charge is 0.339 e. The summed E-state index contributed by atoms with van der Waals surface area (Å²) in [5.74, 6) is -0.387. The molecule has 0 radical (unpaired) electrons. The van der Waals surface area contributed by atoms with Crippen molar-refractivity contribution in [3.05, 3.63) is 29.6 Å². The highest BCUT2D eigenvalue weighted by atomic mass is 32.2. The standard InChI is InChI=1S/C11H17N3O2S/c1-16-11(15)8-3-4-10(13-7-8)9(12)5-6-14-17-2/h3-4,7,9,14H,5-6,12H2,1-2H3. The summed E-state index contributed by atoms with van der Waals surface area (Å²) in [6.45, 7) is 0.822. The molecule has 1 unspecified atom stereocenters. The summed E-state index contributed by atoms with van der Waals surface area (Å²) in [4.78, 5) is 15.4. The van der Waals surface area contributed by atoms with Crippen LogP contribution in [0.1, 0.15) is 28.5 Å². The molecule has 0 aliphatic rings. The predicted molar refractivity (Wildman–Crippen MR) is 68.6 cm³/mol. The van der Waals surface area contributed by atoms with E-state index in [1.807, 2.05) is 6.26 Å². The second kappa shape index (κ2) is 7.26. The fourth-order valence-electron chi connectivity index (χ4n) is 1.33. The summed E-state index contributed by atoms with van der Waals surface area (Å²) in [7, 11) is 1.34. The highest BCUT2D eigenvalue weighted by Crippen LogP contribution is 2.12. The summed E-state index contributed by atoms with van der Waals surface area (Å²) in [5.41, 5.74) is 7.18. The lowest BCUT2D eigenvalue weighted by Crippen LogP contribution is -2.18. The monoisotopic (exact) mass is 255 g/mol. The number of rotatable bonds is 6. The fourth-order valence-corrected chi connectivity index (χ4v) is 1.65. The van der Waals surface area contributed by atoms with Gasteiger partial charge < -0.3 is 10.5 Å². The first kappa shape index (κ1) is 14.0. The van der Waals surface area contributed by atoms with Gasteiger partial charge in [0.15, 0.2) is 0 Å². The average molecular weight is 255 g/mol. The molecule has 1 aromatic heterocycles. The number of hydrogen-bond acceptors (Lipinski definition) is 6. The highest BCUT2D eigenvalue weighted by molar-refractivity contribution is 7.96. The third-order valence-electron chi connectivity index (χ3n) is 2.29. The van der Waals surface area contributed by atoms with Crippen molar-refractivity contribution in [1.82, 2.24) is 9.71 Å². The van der Waals surface area contributed by atoms with Gasteiger partial charge in [-0.3, -0.25) is 9.71 Å². The van der Waals surface area contributed by atoms with E-state index in [9.17, 15) is 4.79 Å². The van der Waals surface area contributed by atoms with Crippen LogP contribution >= 0.6 is 11.9 Å². The molecule has 0 aliphatic carbocycles. The maximum atomic E-state index is 11.2. The van der Waals surface area contributed by atoms with Crippen molar-refractivity contribution in [1.29, 1.82) is 0 Å². The van der Waals surface area contributed by atoms with Crippen LogP contribution in [0.25, 0.3) is 0 Å². The van der Waals surface area contributed by atoms with Gasteiger partial charge in [-0.2, -0.15) is 0 Å². The van der Waals surface area contributed by atoms with Crippen molar-refractivity contribution in [2.45, 2.75) is 12.5 Å². The number of carbonyl (C=O) groups is 1. The molecular formula is C11H17N3O2S. The lowest BCUT2D eigenvalue weighted by Gasteiger charge is -2.11. The number of ether oxygens (including phenoxy) is 1. The van der Waals surface area contributed by atoms with Gasteiger partial charge in [0.25, 0.3) is 0 Å². The number of pyridine rings is 1. The summed E-state index contributed by atoms with van der Waals surface area (Å²) >= 11 is 1.56. The Morgan fingerprint density at radius 2 is 2.41 bits per heavy atom. The number of hydrogen-bond donors (Lipinski definition) is 2. The Labute approximate surface area is 105 Å². The molecule has 6 heteroatoms. The van der Waals surface area contributed by atoms with E-state index in [0.717, 1.165) is 18.7 Å². The highest BCUT2D eigenvalue weighted by Gasteiger charge is 2.09. The van der Waals surface area contributed by atoms with E-state index in [4.69, 9.17) is 5.73 Å². The molecule has 94 valence electrons. The van der Waals surface area contributed by atoms with Crippen LogP contribution in [-0.2, 0) is 4.74 Å². The molecule has 0 spiro atoms. The minimum absolute atomic E-state index is 0.124. The van der Waals surface area contributed by atoms with Crippen LogP contribution in [0.4, 0.5) is 0 Å². The molecule has 5 nitrogen and oxygen atoms in total. The number of methoxy groups -OCH3 is 1. The molecule has 1 atom stereocenters. The number of nitrogens with zero attached hydrogens (tertiary/aromatic N) is 1. The van der Waals surface area contributed by atoms with Crippen molar-refractivity contribution in [3.63, 3.8) is 0 Å². The zero-order valence-electron chi connectivity index (χ0n) is 9.97. The largest absolute Gasteiger partial charge is 0.465 e. The zero-order valence-corrected chi connectivity index (χ0v) is 10.8. The Morgan fingerprint density at radius 1 is 1.65 bits per heavy atom. The number of carbonyl (C=O) groups excluding carboxylic acids is 1. The molecule has 0 aliphatic heterocycles. The van der Waals surface area contributed by atoms with E-state index in [1.165, 1.54) is 13.3 Å². The molecule has 17 heavy (non-hydrogen) atoms. The average Bonchev–Trinajstić information content (AvgIpc) is 2.38. The van der Waals surface area contributed by atoms with E-state index in [-0.39, 0.29) is 12.0 Å². The molecule has 1 rings (SSSR count). The van der Waals surface area contributed by atoms with Gasteiger partial charge in [0.1, 0.15) is 0 Å². The van der Waals surface area contributed by atoms with Crippen molar-refractivity contribution < 1.29 is 9.53 Å². The molecule has 3 N–H and O–H groups in total. The van der Waals surface area contributed by atoms with Crippen LogP contribution in [0.2, 0.25) is 0 Å². The van der Waals surface area contributed by atoms with Crippen LogP contribution in [0.15, 0.2) is 18.3 Å². The van der Waals surface area contributed by atoms with E-state index >= 15 is 0 Å². The minimum Gasteiger partial charge on any atom is -0.465 e. The quantitative estimate of drug-likeness (QED) is 0.451. The maximum Gasteiger partial charge on any atom is 0.339 e. The van der Waals surface area contributed by atoms with E-state index < -0.39 is 0 Å². The van der Waals surface area contributed by atoms with Crippen LogP contribution in [0, 0.1) is 0 Å². The molecule has 0 amide bonds. The minimum atomic E-state index is -0.387. The van der Waals surface area contributed by atoms with Crippen molar-refractivity contribution >= 4 is 17.9 Å². The van der Waals surface area contributed by atoms with Crippen LogP contribution < -0.4 is 10.5 Å². The second-order valence-corrected chi connectivity index (χ2v) is 4.15. The number of nitrogens with two attached hydrogens (primary N) is 1. The van der Waals surface area contributed by atoms with Crippen LogP contribution in [0.5, 0.6) is 0 Å². The predicted octanol–water partition coefficient (Wildman–Crippen LogP) is 1.13. The van der Waals surface area contributed by atoms with Gasteiger partial charge in [-0.25, -0.2) is 4.79 Å². The molecular weight excluding hydrogens is 238 g/mol. The fraction of sp³-hybridized carbons (Fsp3) is 0.455. The normalized spacial score (nSPS) is 12.2. The van der Waals surface area contributed by atoms with Gasteiger partial charge >= 0.3 is 5.97 Å². The first-order valence-corrected chi connectivity index (χ1v) is 6.47. The molecule has 0 saturated carbocycles. The molecule has 0 bridgehead atoms. The van der Waals surface area contributed by atoms with Crippen LogP contribution in [-0.4, -0.2) is 30.9 Å². The summed E-state index contributed by atoms with van der Waals surface area (Å²) in [6.07, 6.45) is 4.25. The van der Waals surface area contributed by atoms with Gasteiger partial charge in [-0.05, 0) is 24.8 Å². The number of aromatic nitrogens is 1. The topological polar surface area (TPSA) is 77.2 Å². The molecule has 0 saturated heterocycles. The zero-order chi connectivity index (χ0) is 12.7. The van der Waals surface area contributed by atoms with E-state index in [0.29, 0.717) is 5.56 Å². The third-order valence-corrected chi connectivity index (χ3v) is 2.78. The Balaban J connectivity index is 2.57. The SMILES string of the molecule is COC(=O)c1ccc(C(N)CCNSC)nc1. The summed E-state index contributed by atoms with van der Waals surface area (Å²) in [5, 5.41) is 0. The number of nitrogens with one attached hydrogen (secondary N) is 1. The Morgan fingerprint density at radius 3 is 2.94 bits per heavy atom. The van der Waals surface area contributed by atoms with Crippen LogP contribution in [0.3, 0.4) is 0 Å². The van der Waals surface area contributed by atoms with Crippen molar-refractivity contribution in [2.24, 2.45) is 5.73 Å². The van der Waals surface area contributed by atoms with Gasteiger partial charge in [-0.15, -0.1) is 0 Å². The number of esters is 1. The third kappa shape index (κ3) is 4.33. The molecule has 1 aromatic rings. The van der Waals surface area contributed by atoms with Crippen molar-refractivity contribution in [3.8, 4) is 0 Å². The lowest BCUT2D eigenvalue weighted by molar-refractivity contribution is 0.0600. The maximum absolute atomic E-state index is 11.2. The molecule has 0 aromatic carbocycles. The van der Waals surface area contributed by atoms with Gasteiger partial charge in [0, 0.05) is 18.8 Å². The Hall–Kier alpha value is -1.11. The van der Waals surface area contributed by atoms with E-state index in [2.05, 4.69) is 14.4 Å². The summed E-state index contributed by atoms with van der Waals surface area (Å²) < 4.78 is 7.72. The lowest BCUT2D eigenvalue weighted by atomic mass is 10.1. The first-order chi connectivity index (χ1) is 8.19. The Bertz CT molecular complexity index is 356. The van der Waals surface area contributed by atoms with Gasteiger partial charge in [-0.1, -0.05) is 11.9 Å². The second-order valence-electron chi connectivity index (χ2n) is 3.46. The first-order valence-electron chi connectivity index (χ1n) is 5.24. The van der Waals surface area contributed by atoms with Crippen molar-refractivity contribution in [2.75, 3.05) is 19.9 Å². The van der Waals surface area contributed by atoms with E-state index in [1.54, 1.807) is 24.1 Å². The Kier molecular flexibility index (Phi) is 5.96.